The van der Waals surface area contributed by atoms with E-state index in [1.807, 2.05) is 0 Å². The maximum Gasteiger partial charge on any atom is 0.0792 e. The second-order valence-electron chi connectivity index (χ2n) is 16.7. The Balaban J connectivity index is 1.16. The van der Waals surface area contributed by atoms with Crippen molar-refractivity contribution in [3.63, 3.8) is 0 Å². The highest BCUT2D eigenvalue weighted by atomic mass is 15.3. The number of nitrogens with zero attached hydrogens (tertiary/aromatic N) is 2. The van der Waals surface area contributed by atoms with Crippen LogP contribution in [0.25, 0.3) is 43.1 Å². The number of hydrogen-bond acceptors (Lipinski definition) is 2. The van der Waals surface area contributed by atoms with Gasteiger partial charge in [0.1, 0.15) is 0 Å². The molecular weight excluding hydrogens is 725 g/mol. The van der Waals surface area contributed by atoms with E-state index in [9.17, 15) is 0 Å². The summed E-state index contributed by atoms with van der Waals surface area (Å²) >= 11 is 0. The third-order valence-corrected chi connectivity index (χ3v) is 13.6. The van der Waals surface area contributed by atoms with E-state index in [2.05, 4.69) is 216 Å². The molecule has 0 bridgehead atoms. The van der Waals surface area contributed by atoms with E-state index in [1.165, 1.54) is 99.0 Å². The van der Waals surface area contributed by atoms with E-state index in [-0.39, 0.29) is 12.1 Å². The predicted octanol–water partition coefficient (Wildman–Crippen LogP) is 14.3. The third-order valence-electron chi connectivity index (χ3n) is 13.6. The van der Waals surface area contributed by atoms with Crippen molar-refractivity contribution >= 4 is 54.5 Å². The zero-order valence-corrected chi connectivity index (χ0v) is 33.5. The number of anilines is 2. The number of benzene rings is 10. The normalized spacial score (nSPS) is 14.5. The Morgan fingerprint density at radius 1 is 0.283 bits per heavy atom. The van der Waals surface area contributed by atoms with Gasteiger partial charge in [-0.05, 0) is 99.7 Å². The summed E-state index contributed by atoms with van der Waals surface area (Å²) in [5.74, 6) is 0. The predicted molar refractivity (Wildman–Crippen MR) is 252 cm³/mol. The molecule has 12 rings (SSSR count). The fraction of sp³-hybridized carbons (Fsp3) is 0.103. The first-order valence-electron chi connectivity index (χ1n) is 21.4. The van der Waals surface area contributed by atoms with Crippen LogP contribution in [0.5, 0.6) is 0 Å². The minimum atomic E-state index is -0.0627. The highest BCUT2D eigenvalue weighted by Gasteiger charge is 2.39. The lowest BCUT2D eigenvalue weighted by atomic mass is 9.88. The van der Waals surface area contributed by atoms with Gasteiger partial charge in [-0.3, -0.25) is 0 Å². The van der Waals surface area contributed by atoms with E-state index >= 15 is 0 Å². The molecule has 0 aliphatic carbocycles. The second-order valence-corrected chi connectivity index (χ2v) is 16.7. The van der Waals surface area contributed by atoms with E-state index in [4.69, 9.17) is 0 Å². The second kappa shape index (κ2) is 14.3. The quantitative estimate of drug-likeness (QED) is 0.172. The van der Waals surface area contributed by atoms with Gasteiger partial charge in [-0.1, -0.05) is 194 Å². The number of hydrogen-bond donors (Lipinski definition) is 0. The molecule has 0 spiro atoms. The van der Waals surface area contributed by atoms with Gasteiger partial charge in [0.15, 0.2) is 0 Å². The molecule has 2 nitrogen and oxygen atoms in total. The summed E-state index contributed by atoms with van der Waals surface area (Å²) in [7, 11) is 0. The molecule has 0 saturated carbocycles. The Hall–Kier alpha value is -7.16. The van der Waals surface area contributed by atoms with Crippen LogP contribution in [0.15, 0.2) is 206 Å². The molecule has 10 aromatic rings. The van der Waals surface area contributed by atoms with Crippen LogP contribution in [0.1, 0.15) is 56.6 Å². The van der Waals surface area contributed by atoms with Crippen molar-refractivity contribution in [2.75, 3.05) is 9.80 Å². The molecule has 286 valence electrons. The maximum absolute atomic E-state index is 2.78. The summed E-state index contributed by atoms with van der Waals surface area (Å²) in [5.41, 5.74) is 13.7. The maximum atomic E-state index is 2.78. The molecule has 2 aliphatic rings. The molecule has 0 N–H and O–H groups in total. The lowest BCUT2D eigenvalue weighted by Crippen LogP contribution is -2.41. The van der Waals surface area contributed by atoms with E-state index in [0.717, 1.165) is 25.9 Å². The summed E-state index contributed by atoms with van der Waals surface area (Å²) in [4.78, 5) is 5.56. The van der Waals surface area contributed by atoms with Crippen molar-refractivity contribution in [1.82, 2.24) is 0 Å². The van der Waals surface area contributed by atoms with Gasteiger partial charge in [-0.2, -0.15) is 0 Å². The summed E-state index contributed by atoms with van der Waals surface area (Å²) in [6.45, 7) is 1.57. The van der Waals surface area contributed by atoms with Crippen molar-refractivity contribution in [2.24, 2.45) is 0 Å². The highest BCUT2D eigenvalue weighted by molar-refractivity contribution is 5.96. The van der Waals surface area contributed by atoms with Crippen molar-refractivity contribution in [3.05, 3.63) is 251 Å². The average molecular weight is 769 g/mol. The van der Waals surface area contributed by atoms with Gasteiger partial charge >= 0.3 is 0 Å². The number of rotatable bonds is 5. The first-order valence-corrected chi connectivity index (χ1v) is 21.4. The van der Waals surface area contributed by atoms with Gasteiger partial charge in [0.25, 0.3) is 0 Å². The van der Waals surface area contributed by atoms with Crippen LogP contribution in [-0.2, 0) is 25.9 Å². The number of fused-ring (bicyclic) bond motifs is 12. The van der Waals surface area contributed by atoms with Crippen molar-refractivity contribution < 1.29 is 0 Å². The minimum absolute atomic E-state index is 0.0627. The van der Waals surface area contributed by atoms with Gasteiger partial charge in [0, 0.05) is 37.3 Å². The monoisotopic (exact) mass is 768 g/mol. The molecule has 2 heterocycles. The average Bonchev–Trinajstić information content (AvgIpc) is 3.60. The molecule has 2 heteroatoms. The van der Waals surface area contributed by atoms with Crippen LogP contribution in [0, 0.1) is 0 Å². The van der Waals surface area contributed by atoms with Crippen LogP contribution in [0.2, 0.25) is 0 Å². The van der Waals surface area contributed by atoms with Crippen LogP contribution in [0.3, 0.4) is 0 Å². The molecule has 10 aromatic carbocycles. The van der Waals surface area contributed by atoms with Crippen molar-refractivity contribution in [2.45, 2.75) is 38.0 Å². The van der Waals surface area contributed by atoms with Gasteiger partial charge in [-0.15, -0.1) is 0 Å². The lowest BCUT2D eigenvalue weighted by molar-refractivity contribution is 0.475. The van der Waals surface area contributed by atoms with Gasteiger partial charge < -0.3 is 9.80 Å². The van der Waals surface area contributed by atoms with E-state index in [0.29, 0.717) is 0 Å². The van der Waals surface area contributed by atoms with Gasteiger partial charge in [0.05, 0.1) is 12.1 Å². The van der Waals surface area contributed by atoms with Crippen LogP contribution >= 0.6 is 0 Å². The largest absolute Gasteiger partial charge is 0.357 e. The first kappa shape index (κ1) is 34.8. The summed E-state index contributed by atoms with van der Waals surface area (Å²) in [6.07, 6.45) is 1.75. The smallest absolute Gasteiger partial charge is 0.0792 e. The summed E-state index contributed by atoms with van der Waals surface area (Å²) in [6, 6.07) is 77.6. The Kier molecular flexibility index (Phi) is 8.30. The standard InChI is InChI=1S/C58H44N2/c1-3-19-43(20-4-1)57(59-37-45-29-27-39-15-7-11-23-47(39)51(45)35-53-49-25-13-9-17-41(49)31-33-55(53)59)58(44-21-5-2-6-22-44)60-38-46-30-28-40-16-8-12-24-48(40)52(46)36-54-50-26-14-10-18-42(50)32-34-56(54)60/h1-34,57-58H,35-38H2. The molecular formula is C58H44N2. The van der Waals surface area contributed by atoms with E-state index in [1.54, 1.807) is 0 Å². The SMILES string of the molecule is c1ccc(C(C(c2ccccc2)N2Cc3ccc4ccccc4c3Cc3c2ccc2ccccc32)N2Cc3ccc4ccccc4c3Cc3c2ccc2ccccc32)cc1. The topological polar surface area (TPSA) is 6.48 Å². The van der Waals surface area contributed by atoms with Crippen LogP contribution in [0.4, 0.5) is 11.4 Å². The first-order chi connectivity index (χ1) is 29.8. The molecule has 0 fully saturated rings. The zero-order valence-electron chi connectivity index (χ0n) is 33.5. The molecule has 2 atom stereocenters. The molecule has 0 amide bonds. The molecule has 60 heavy (non-hydrogen) atoms. The fourth-order valence-electron chi connectivity index (χ4n) is 10.8. The third kappa shape index (κ3) is 5.70. The molecule has 0 radical (unpaired) electrons. The van der Waals surface area contributed by atoms with Crippen LogP contribution in [-0.4, -0.2) is 0 Å². The molecule has 0 saturated heterocycles. The van der Waals surface area contributed by atoms with Crippen molar-refractivity contribution in [3.8, 4) is 0 Å². The Bertz CT molecular complexity index is 3020. The van der Waals surface area contributed by atoms with Gasteiger partial charge in [0.2, 0.25) is 0 Å². The lowest BCUT2D eigenvalue weighted by Gasteiger charge is -2.45. The minimum Gasteiger partial charge on any atom is -0.357 e. The molecule has 0 aromatic heterocycles. The fourth-order valence-corrected chi connectivity index (χ4v) is 10.8. The zero-order chi connectivity index (χ0) is 39.6. The summed E-state index contributed by atoms with van der Waals surface area (Å²) in [5, 5.41) is 10.5. The molecule has 2 aliphatic heterocycles. The Morgan fingerprint density at radius 2 is 0.600 bits per heavy atom. The van der Waals surface area contributed by atoms with E-state index < -0.39 is 0 Å². The summed E-state index contributed by atoms with van der Waals surface area (Å²) < 4.78 is 0. The van der Waals surface area contributed by atoms with Crippen LogP contribution < -0.4 is 9.80 Å². The molecule has 2 unspecified atom stereocenters. The highest BCUT2D eigenvalue weighted by Crippen LogP contribution is 2.50. The Morgan fingerprint density at radius 3 is 0.983 bits per heavy atom. The Labute approximate surface area is 351 Å². The van der Waals surface area contributed by atoms with Crippen molar-refractivity contribution in [1.29, 1.82) is 0 Å². The van der Waals surface area contributed by atoms with Gasteiger partial charge in [-0.25, -0.2) is 0 Å².